The van der Waals surface area contributed by atoms with Gasteiger partial charge in [-0.15, -0.1) is 0 Å². The van der Waals surface area contributed by atoms with Crippen molar-refractivity contribution in [3.63, 3.8) is 0 Å². The summed E-state index contributed by atoms with van der Waals surface area (Å²) in [6, 6.07) is 1.18. The molecule has 0 spiro atoms. The summed E-state index contributed by atoms with van der Waals surface area (Å²) in [5.74, 6) is -0.902. The molecule has 1 aromatic heterocycles. The van der Waals surface area contributed by atoms with Gasteiger partial charge in [-0.2, -0.15) is 0 Å². The summed E-state index contributed by atoms with van der Waals surface area (Å²) < 4.78 is 22.9. The molecule has 0 bridgehead atoms. The first-order chi connectivity index (χ1) is 7.19. The number of carbonyl (C=O) groups excluding carboxylic acids is 1. The number of aromatic nitrogens is 1. The molecular formula is C10H12FNO3. The second-order valence-electron chi connectivity index (χ2n) is 2.76. The van der Waals surface area contributed by atoms with Crippen LogP contribution in [0.5, 0.6) is 5.88 Å². The minimum Gasteiger partial charge on any atom is -0.481 e. The van der Waals surface area contributed by atoms with Crippen LogP contribution in [-0.4, -0.2) is 24.7 Å². The Kier molecular flexibility index (Phi) is 4.03. The highest BCUT2D eigenvalue weighted by molar-refractivity contribution is 5.73. The summed E-state index contributed by atoms with van der Waals surface area (Å²) in [4.78, 5) is 15.0. The molecule has 5 heteroatoms. The lowest BCUT2D eigenvalue weighted by molar-refractivity contribution is -0.142. The van der Waals surface area contributed by atoms with E-state index in [0.717, 1.165) is 0 Å². The number of methoxy groups -OCH3 is 1. The minimum atomic E-state index is -0.519. The molecule has 0 atom stereocenters. The molecule has 0 saturated carbocycles. The Morgan fingerprint density at radius 3 is 2.93 bits per heavy atom. The van der Waals surface area contributed by atoms with Crippen molar-refractivity contribution in [1.29, 1.82) is 0 Å². The lowest BCUT2D eigenvalue weighted by atomic mass is 10.2. The highest BCUT2D eigenvalue weighted by atomic mass is 19.1. The van der Waals surface area contributed by atoms with Gasteiger partial charge in [0.1, 0.15) is 5.82 Å². The van der Waals surface area contributed by atoms with Crippen molar-refractivity contribution in [2.75, 3.05) is 13.7 Å². The maximum Gasteiger partial charge on any atom is 0.310 e. The quantitative estimate of drug-likeness (QED) is 0.708. The number of carbonyl (C=O) groups is 1. The normalized spacial score (nSPS) is 9.80. The zero-order valence-corrected chi connectivity index (χ0v) is 8.62. The van der Waals surface area contributed by atoms with E-state index in [1.807, 2.05) is 0 Å². The van der Waals surface area contributed by atoms with Crippen molar-refractivity contribution >= 4 is 5.97 Å². The first-order valence-electron chi connectivity index (χ1n) is 4.52. The molecule has 0 N–H and O–H groups in total. The summed E-state index contributed by atoms with van der Waals surface area (Å²) in [6.45, 7) is 1.96. The summed E-state index contributed by atoms with van der Waals surface area (Å²) in [6.07, 6.45) is 1.11. The molecule has 82 valence electrons. The van der Waals surface area contributed by atoms with E-state index < -0.39 is 11.8 Å². The highest BCUT2D eigenvalue weighted by Gasteiger charge is 2.15. The van der Waals surface area contributed by atoms with Gasteiger partial charge in [-0.3, -0.25) is 4.79 Å². The number of halogens is 1. The van der Waals surface area contributed by atoms with Crippen LogP contribution in [0.1, 0.15) is 12.5 Å². The highest BCUT2D eigenvalue weighted by Crippen LogP contribution is 2.18. The molecule has 0 aliphatic heterocycles. The minimum absolute atomic E-state index is 0.114. The fourth-order valence-corrected chi connectivity index (χ4v) is 1.14. The van der Waals surface area contributed by atoms with Crippen LogP contribution in [0.4, 0.5) is 4.39 Å². The van der Waals surface area contributed by atoms with E-state index in [0.29, 0.717) is 0 Å². The van der Waals surface area contributed by atoms with Crippen LogP contribution in [0, 0.1) is 5.82 Å². The van der Waals surface area contributed by atoms with Gasteiger partial charge >= 0.3 is 5.97 Å². The average molecular weight is 213 g/mol. The third-order valence-corrected chi connectivity index (χ3v) is 1.78. The number of ether oxygens (including phenoxy) is 2. The van der Waals surface area contributed by atoms with Gasteiger partial charge in [0, 0.05) is 6.20 Å². The Bertz CT molecular complexity index is 355. The number of hydrogen-bond acceptors (Lipinski definition) is 4. The Labute approximate surface area is 87.0 Å². The molecule has 0 aromatic carbocycles. The molecule has 1 rings (SSSR count). The fraction of sp³-hybridized carbons (Fsp3) is 0.400. The van der Waals surface area contributed by atoms with E-state index >= 15 is 0 Å². The number of pyridine rings is 1. The average Bonchev–Trinajstić information content (AvgIpc) is 2.21. The summed E-state index contributed by atoms with van der Waals surface area (Å²) in [5, 5.41) is 0. The van der Waals surface area contributed by atoms with Gasteiger partial charge in [0.25, 0.3) is 0 Å². The van der Waals surface area contributed by atoms with Gasteiger partial charge in [-0.1, -0.05) is 0 Å². The van der Waals surface area contributed by atoms with Gasteiger partial charge in [0.15, 0.2) is 0 Å². The van der Waals surface area contributed by atoms with Crippen LogP contribution in [0.2, 0.25) is 0 Å². The smallest absolute Gasteiger partial charge is 0.310 e. The number of rotatable bonds is 4. The number of nitrogens with zero attached hydrogens (tertiary/aromatic N) is 1. The first-order valence-corrected chi connectivity index (χ1v) is 4.52. The lowest BCUT2D eigenvalue weighted by Gasteiger charge is -2.07. The van der Waals surface area contributed by atoms with Gasteiger partial charge in [0.05, 0.1) is 25.7 Å². The predicted octanol–water partition coefficient (Wildman–Crippen LogP) is 1.33. The van der Waals surface area contributed by atoms with Crippen LogP contribution in [-0.2, 0) is 16.0 Å². The van der Waals surface area contributed by atoms with Gasteiger partial charge in [-0.25, -0.2) is 9.37 Å². The number of hydrogen-bond donors (Lipinski definition) is 0. The van der Waals surface area contributed by atoms with Gasteiger partial charge < -0.3 is 9.47 Å². The van der Waals surface area contributed by atoms with Crippen LogP contribution in [0.25, 0.3) is 0 Å². The Hall–Kier alpha value is -1.65. The maximum atomic E-state index is 13.3. The molecule has 0 saturated heterocycles. The largest absolute Gasteiger partial charge is 0.481 e. The molecule has 0 aliphatic carbocycles. The Balaban J connectivity index is 2.87. The molecule has 0 fully saturated rings. The molecule has 0 amide bonds. The van der Waals surface area contributed by atoms with Crippen molar-refractivity contribution in [2.24, 2.45) is 0 Å². The third-order valence-electron chi connectivity index (χ3n) is 1.78. The second-order valence-corrected chi connectivity index (χ2v) is 2.76. The zero-order chi connectivity index (χ0) is 11.3. The summed E-state index contributed by atoms with van der Waals surface area (Å²) >= 11 is 0. The third kappa shape index (κ3) is 2.90. The Morgan fingerprint density at radius 1 is 1.60 bits per heavy atom. The monoisotopic (exact) mass is 213 g/mol. The molecule has 0 radical (unpaired) electrons. The van der Waals surface area contributed by atoms with Crippen LogP contribution in [0.15, 0.2) is 12.3 Å². The first kappa shape index (κ1) is 11.4. The van der Waals surface area contributed by atoms with Crippen molar-refractivity contribution in [2.45, 2.75) is 13.3 Å². The zero-order valence-electron chi connectivity index (χ0n) is 8.62. The van der Waals surface area contributed by atoms with Crippen molar-refractivity contribution < 1.29 is 18.7 Å². The van der Waals surface area contributed by atoms with Gasteiger partial charge in [0.2, 0.25) is 5.88 Å². The van der Waals surface area contributed by atoms with E-state index in [-0.39, 0.29) is 24.5 Å². The molecule has 15 heavy (non-hydrogen) atoms. The number of esters is 1. The van der Waals surface area contributed by atoms with E-state index in [2.05, 4.69) is 4.98 Å². The lowest BCUT2D eigenvalue weighted by Crippen LogP contribution is -2.10. The van der Waals surface area contributed by atoms with Crippen molar-refractivity contribution in [3.05, 3.63) is 23.6 Å². The molecule has 4 nitrogen and oxygen atoms in total. The molecular weight excluding hydrogens is 201 g/mol. The SMILES string of the molecule is CCOC(=O)Cc1c(F)ccnc1OC. The molecule has 1 aromatic rings. The Morgan fingerprint density at radius 2 is 2.33 bits per heavy atom. The molecule has 1 heterocycles. The van der Waals surface area contributed by atoms with Crippen molar-refractivity contribution in [3.8, 4) is 5.88 Å². The van der Waals surface area contributed by atoms with Crippen molar-refractivity contribution in [1.82, 2.24) is 4.98 Å². The molecule has 0 aliphatic rings. The standard InChI is InChI=1S/C10H12FNO3/c1-3-15-9(13)6-7-8(11)4-5-12-10(7)14-2/h4-5H,3,6H2,1-2H3. The summed E-state index contributed by atoms with van der Waals surface area (Å²) in [7, 11) is 1.37. The molecule has 0 unspecified atom stereocenters. The predicted molar refractivity (Wildman–Crippen MR) is 51.1 cm³/mol. The summed E-state index contributed by atoms with van der Waals surface area (Å²) in [5.41, 5.74) is 0.124. The topological polar surface area (TPSA) is 48.4 Å². The van der Waals surface area contributed by atoms with Crippen LogP contribution >= 0.6 is 0 Å². The van der Waals surface area contributed by atoms with Crippen LogP contribution in [0.3, 0.4) is 0 Å². The van der Waals surface area contributed by atoms with E-state index in [4.69, 9.17) is 9.47 Å². The van der Waals surface area contributed by atoms with E-state index in [1.165, 1.54) is 19.4 Å². The van der Waals surface area contributed by atoms with E-state index in [9.17, 15) is 9.18 Å². The maximum absolute atomic E-state index is 13.3. The van der Waals surface area contributed by atoms with E-state index in [1.54, 1.807) is 6.92 Å². The second kappa shape index (κ2) is 5.29. The fourth-order valence-electron chi connectivity index (χ4n) is 1.14. The van der Waals surface area contributed by atoms with Crippen LogP contribution < -0.4 is 4.74 Å². The van der Waals surface area contributed by atoms with Gasteiger partial charge in [-0.05, 0) is 13.0 Å².